The zero-order valence-electron chi connectivity index (χ0n) is 24.7. The number of hydrogen-bond acceptors (Lipinski definition) is 3. The second-order valence-electron chi connectivity index (χ2n) is 6.69. The monoisotopic (exact) mass is 478 g/mol. The molecule has 3 heteroatoms. The summed E-state index contributed by atoms with van der Waals surface area (Å²) in [6.45, 7) is 20.8. The van der Waals surface area contributed by atoms with Gasteiger partial charge in [0, 0.05) is 0 Å². The summed E-state index contributed by atoms with van der Waals surface area (Å²) in [5.74, 6) is 0. The molecule has 0 radical (unpaired) electrons. The Balaban J connectivity index is -0.000000101. The first-order valence-corrected chi connectivity index (χ1v) is 13.1. The minimum absolute atomic E-state index is 0.657. The number of ether oxygens (including phenoxy) is 2. The van der Waals surface area contributed by atoms with E-state index >= 15 is 0 Å². The van der Waals surface area contributed by atoms with Gasteiger partial charge in [-0.25, -0.2) is 4.79 Å². The molecule has 0 atom stereocenters. The molecule has 0 saturated heterocycles. The van der Waals surface area contributed by atoms with Crippen molar-refractivity contribution in [3.8, 4) is 0 Å². The molecule has 0 unspecified atom stereocenters. The molecule has 1 aliphatic rings. The summed E-state index contributed by atoms with van der Waals surface area (Å²) < 4.78 is 8.08. The maximum atomic E-state index is 9.74. The zero-order chi connectivity index (χ0) is 27.5. The van der Waals surface area contributed by atoms with E-state index in [9.17, 15) is 4.79 Å². The molecule has 0 amide bonds. The molecule has 1 fully saturated rings. The van der Waals surface area contributed by atoms with Crippen molar-refractivity contribution in [2.24, 2.45) is 5.41 Å². The fourth-order valence-electron chi connectivity index (χ4n) is 2.36. The quantitative estimate of drug-likeness (QED) is 0.353. The lowest BCUT2D eigenvalue weighted by atomic mass is 9.78. The third-order valence-corrected chi connectivity index (χ3v) is 3.87. The van der Waals surface area contributed by atoms with E-state index < -0.39 is 6.16 Å². The second kappa shape index (κ2) is 41.0. The summed E-state index contributed by atoms with van der Waals surface area (Å²) in [6, 6.07) is 24.0. The van der Waals surface area contributed by atoms with E-state index in [4.69, 9.17) is 0 Å². The van der Waals surface area contributed by atoms with E-state index in [0.717, 1.165) is 0 Å². The molecule has 0 bridgehead atoms. The molecule has 0 aliphatic heterocycles. The van der Waals surface area contributed by atoms with Crippen LogP contribution in [0, 0.1) is 5.41 Å². The first kappa shape index (κ1) is 41.9. The molecule has 2 aromatic rings. The Labute approximate surface area is 214 Å². The Bertz CT molecular complexity index is 426. The average molecular weight is 479 g/mol. The van der Waals surface area contributed by atoms with Crippen molar-refractivity contribution in [1.82, 2.24) is 0 Å². The highest BCUT2D eigenvalue weighted by Gasteiger charge is 2.19. The van der Waals surface area contributed by atoms with E-state index in [0.29, 0.717) is 5.41 Å². The predicted molar refractivity (Wildman–Crippen MR) is 155 cm³/mol. The van der Waals surface area contributed by atoms with Crippen LogP contribution in [0.2, 0.25) is 0 Å². The minimum Gasteiger partial charge on any atom is -0.438 e. The van der Waals surface area contributed by atoms with Crippen LogP contribution >= 0.6 is 0 Å². The highest BCUT2D eigenvalue weighted by Crippen LogP contribution is 2.34. The number of carbonyl (C=O) groups is 1. The van der Waals surface area contributed by atoms with E-state index in [2.05, 4.69) is 23.3 Å². The van der Waals surface area contributed by atoms with Crippen molar-refractivity contribution in [3.05, 3.63) is 72.8 Å². The lowest BCUT2D eigenvalue weighted by Crippen LogP contribution is -2.14. The summed E-state index contributed by atoms with van der Waals surface area (Å²) in [4.78, 5) is 9.74. The van der Waals surface area contributed by atoms with Crippen molar-refractivity contribution in [2.75, 3.05) is 14.2 Å². The Kier molecular flexibility index (Phi) is 50.6. The number of benzene rings is 2. The smallest absolute Gasteiger partial charge is 0.438 e. The molecule has 2 aromatic carbocycles. The minimum atomic E-state index is -0.657. The SMILES string of the molecule is CC.CC.CC.CC.CC1(C)CCCCC1.COC(=O)OC.c1ccccc1.c1ccccc1. The molecule has 0 N–H and O–H groups in total. The first-order valence-electron chi connectivity index (χ1n) is 13.1. The number of rotatable bonds is 0. The van der Waals surface area contributed by atoms with Gasteiger partial charge in [-0.3, -0.25) is 0 Å². The molecule has 34 heavy (non-hydrogen) atoms. The van der Waals surface area contributed by atoms with Crippen molar-refractivity contribution >= 4 is 6.16 Å². The maximum absolute atomic E-state index is 9.74. The zero-order valence-corrected chi connectivity index (χ0v) is 24.7. The topological polar surface area (TPSA) is 35.5 Å². The predicted octanol–water partition coefficient (Wildman–Crippen LogP) is 10.9. The van der Waals surface area contributed by atoms with Gasteiger partial charge in [0.25, 0.3) is 0 Å². The standard InChI is InChI=1S/C8H16.2C6H6.C3H6O3.4C2H6/c1-8(2)6-4-3-5-7-8;2*1-2-4-6-5-3-1;1-5-3(4)6-2;4*1-2/h3-7H2,1-2H3;2*1-6H;1-2H3;4*1-2H3. The lowest BCUT2D eigenvalue weighted by molar-refractivity contribution is 0.0924. The van der Waals surface area contributed by atoms with Gasteiger partial charge in [-0.15, -0.1) is 0 Å². The summed E-state index contributed by atoms with van der Waals surface area (Å²) >= 11 is 0. The third-order valence-electron chi connectivity index (χ3n) is 3.87. The van der Waals surface area contributed by atoms with Crippen LogP contribution in [0.1, 0.15) is 101 Å². The Morgan fingerprint density at radius 3 is 0.794 bits per heavy atom. The summed E-state index contributed by atoms with van der Waals surface area (Å²) in [7, 11) is 2.51. The second-order valence-corrected chi connectivity index (χ2v) is 6.69. The van der Waals surface area contributed by atoms with Gasteiger partial charge in [-0.2, -0.15) is 0 Å². The molecule has 3 rings (SSSR count). The molecular formula is C31H58O3. The van der Waals surface area contributed by atoms with Crippen molar-refractivity contribution in [2.45, 2.75) is 101 Å². The Morgan fingerprint density at radius 2 is 0.706 bits per heavy atom. The van der Waals surface area contributed by atoms with E-state index in [1.165, 1.54) is 46.3 Å². The van der Waals surface area contributed by atoms with Crippen LogP contribution in [0.4, 0.5) is 4.79 Å². The molecule has 1 aliphatic carbocycles. The highest BCUT2D eigenvalue weighted by atomic mass is 16.7. The Hall–Kier alpha value is -2.29. The average Bonchev–Trinajstić information content (AvgIpc) is 2.95. The van der Waals surface area contributed by atoms with Crippen LogP contribution in [0.15, 0.2) is 72.8 Å². The van der Waals surface area contributed by atoms with E-state index in [1.807, 2.05) is 128 Å². The van der Waals surface area contributed by atoms with Crippen molar-refractivity contribution in [3.63, 3.8) is 0 Å². The van der Waals surface area contributed by atoms with Gasteiger partial charge >= 0.3 is 6.16 Å². The number of hydrogen-bond donors (Lipinski definition) is 0. The Morgan fingerprint density at radius 1 is 0.500 bits per heavy atom. The molecule has 200 valence electrons. The summed E-state index contributed by atoms with van der Waals surface area (Å²) in [5, 5.41) is 0. The fourth-order valence-corrected chi connectivity index (χ4v) is 2.36. The van der Waals surface area contributed by atoms with Gasteiger partial charge in [-0.1, -0.05) is 161 Å². The van der Waals surface area contributed by atoms with Crippen LogP contribution in [0.3, 0.4) is 0 Å². The number of carbonyl (C=O) groups excluding carboxylic acids is 1. The van der Waals surface area contributed by atoms with Crippen molar-refractivity contribution in [1.29, 1.82) is 0 Å². The molecule has 0 spiro atoms. The third kappa shape index (κ3) is 43.6. The van der Waals surface area contributed by atoms with Gasteiger partial charge < -0.3 is 9.47 Å². The molecule has 0 heterocycles. The molecule has 3 nitrogen and oxygen atoms in total. The highest BCUT2D eigenvalue weighted by molar-refractivity contribution is 5.59. The normalized spacial score (nSPS) is 11.3. The first-order chi connectivity index (χ1) is 16.5. The van der Waals surface area contributed by atoms with Crippen LogP contribution in [-0.4, -0.2) is 20.4 Å². The van der Waals surface area contributed by atoms with Crippen LogP contribution in [0.5, 0.6) is 0 Å². The van der Waals surface area contributed by atoms with Crippen LogP contribution in [0.25, 0.3) is 0 Å². The molecule has 1 saturated carbocycles. The number of methoxy groups -OCH3 is 2. The van der Waals surface area contributed by atoms with Crippen LogP contribution < -0.4 is 0 Å². The van der Waals surface area contributed by atoms with Gasteiger partial charge in [0.1, 0.15) is 0 Å². The van der Waals surface area contributed by atoms with Crippen molar-refractivity contribution < 1.29 is 14.3 Å². The van der Waals surface area contributed by atoms with Gasteiger partial charge in [0.15, 0.2) is 0 Å². The van der Waals surface area contributed by atoms with Gasteiger partial charge in [0.05, 0.1) is 14.2 Å². The van der Waals surface area contributed by atoms with Crippen LogP contribution in [-0.2, 0) is 9.47 Å². The molecule has 0 aromatic heterocycles. The maximum Gasteiger partial charge on any atom is 0.507 e. The largest absolute Gasteiger partial charge is 0.507 e. The fraction of sp³-hybridized carbons (Fsp3) is 0.581. The van der Waals surface area contributed by atoms with E-state index in [-0.39, 0.29) is 0 Å². The van der Waals surface area contributed by atoms with Gasteiger partial charge in [-0.05, 0) is 18.3 Å². The summed E-state index contributed by atoms with van der Waals surface area (Å²) in [5.41, 5.74) is 0.679. The molecular weight excluding hydrogens is 420 g/mol. The lowest BCUT2D eigenvalue weighted by Gasteiger charge is -2.28. The van der Waals surface area contributed by atoms with Gasteiger partial charge in [0.2, 0.25) is 0 Å². The van der Waals surface area contributed by atoms with E-state index in [1.54, 1.807) is 0 Å². The summed E-state index contributed by atoms with van der Waals surface area (Å²) in [6.07, 6.45) is 6.65.